The molecule has 1 aromatic carbocycles. The van der Waals surface area contributed by atoms with Crippen molar-refractivity contribution >= 4 is 17.5 Å². The summed E-state index contributed by atoms with van der Waals surface area (Å²) in [6.45, 7) is 5.80. The highest BCUT2D eigenvalue weighted by atomic mass is 16.2. The largest absolute Gasteiger partial charge is 0.355 e. The van der Waals surface area contributed by atoms with Crippen LogP contribution in [0.15, 0.2) is 18.2 Å². The molecular weight excluding hydrogens is 254 g/mol. The van der Waals surface area contributed by atoms with E-state index in [-0.39, 0.29) is 17.7 Å². The molecule has 0 bridgehead atoms. The average molecular weight is 277 g/mol. The van der Waals surface area contributed by atoms with Gasteiger partial charge in [-0.25, -0.2) is 0 Å². The van der Waals surface area contributed by atoms with Crippen molar-refractivity contribution in [3.63, 3.8) is 0 Å². The van der Waals surface area contributed by atoms with Crippen molar-refractivity contribution in [2.75, 3.05) is 12.4 Å². The van der Waals surface area contributed by atoms with Crippen molar-refractivity contribution in [2.24, 2.45) is 11.7 Å². The molecule has 5 nitrogen and oxygen atoms in total. The van der Waals surface area contributed by atoms with Gasteiger partial charge in [0.15, 0.2) is 0 Å². The first-order chi connectivity index (χ1) is 9.40. The molecule has 0 aliphatic carbocycles. The number of aryl methyl sites for hydroxylation is 1. The lowest BCUT2D eigenvalue weighted by molar-refractivity contribution is -0.118. The van der Waals surface area contributed by atoms with Crippen molar-refractivity contribution in [2.45, 2.75) is 33.2 Å². The topological polar surface area (TPSA) is 84.2 Å². The fourth-order valence-corrected chi connectivity index (χ4v) is 1.82. The van der Waals surface area contributed by atoms with Gasteiger partial charge in [-0.3, -0.25) is 9.59 Å². The molecule has 4 N–H and O–H groups in total. The first-order valence-corrected chi connectivity index (χ1v) is 6.79. The molecule has 0 heterocycles. The molecule has 1 rings (SSSR count). The molecule has 20 heavy (non-hydrogen) atoms. The van der Waals surface area contributed by atoms with E-state index in [4.69, 9.17) is 5.73 Å². The van der Waals surface area contributed by atoms with Gasteiger partial charge >= 0.3 is 0 Å². The highest BCUT2D eigenvalue weighted by Gasteiger charge is 2.20. The monoisotopic (exact) mass is 277 g/mol. The standard InChI is InChI=1S/C15H23N3O2/c1-5-9(2)13(16)15(20)18-12-7-6-11(8-10(12)3)14(19)17-4/h6-9,13H,5,16H2,1-4H3,(H,17,19)(H,18,20)/t9?,13-/m0/s1. The quantitative estimate of drug-likeness (QED) is 0.765. The van der Waals surface area contributed by atoms with Crippen LogP contribution in [-0.4, -0.2) is 24.9 Å². The van der Waals surface area contributed by atoms with Gasteiger partial charge in [-0.05, 0) is 36.6 Å². The summed E-state index contributed by atoms with van der Waals surface area (Å²) in [4.78, 5) is 23.5. The normalized spacial score (nSPS) is 13.4. The maximum absolute atomic E-state index is 12.0. The van der Waals surface area contributed by atoms with E-state index in [2.05, 4.69) is 10.6 Å². The van der Waals surface area contributed by atoms with Crippen molar-refractivity contribution < 1.29 is 9.59 Å². The van der Waals surface area contributed by atoms with E-state index >= 15 is 0 Å². The lowest BCUT2D eigenvalue weighted by Gasteiger charge is -2.18. The van der Waals surface area contributed by atoms with Crippen LogP contribution in [0.3, 0.4) is 0 Å². The molecule has 0 aromatic heterocycles. The summed E-state index contributed by atoms with van der Waals surface area (Å²) in [5.74, 6) is -0.224. The number of hydrogen-bond donors (Lipinski definition) is 3. The summed E-state index contributed by atoms with van der Waals surface area (Å²) in [6.07, 6.45) is 0.850. The minimum atomic E-state index is -0.530. The molecule has 5 heteroatoms. The summed E-state index contributed by atoms with van der Waals surface area (Å²) in [5, 5.41) is 5.38. The molecule has 0 aliphatic heterocycles. The fourth-order valence-electron chi connectivity index (χ4n) is 1.82. The molecule has 2 atom stereocenters. The summed E-state index contributed by atoms with van der Waals surface area (Å²) in [7, 11) is 1.58. The Morgan fingerprint density at radius 2 is 2.00 bits per heavy atom. The number of amides is 2. The Kier molecular flexibility index (Phi) is 5.70. The SMILES string of the molecule is CCC(C)[C@H](N)C(=O)Nc1ccc(C(=O)NC)cc1C. The lowest BCUT2D eigenvalue weighted by Crippen LogP contribution is -2.40. The second-order valence-electron chi connectivity index (χ2n) is 5.01. The van der Waals surface area contributed by atoms with Gasteiger partial charge in [-0.1, -0.05) is 20.3 Å². The van der Waals surface area contributed by atoms with Crippen molar-refractivity contribution in [3.05, 3.63) is 29.3 Å². The fraction of sp³-hybridized carbons (Fsp3) is 0.467. The molecule has 2 amide bonds. The molecule has 1 unspecified atom stereocenters. The Bertz CT molecular complexity index is 500. The summed E-state index contributed by atoms with van der Waals surface area (Å²) >= 11 is 0. The Hall–Kier alpha value is -1.88. The smallest absolute Gasteiger partial charge is 0.251 e. The van der Waals surface area contributed by atoms with Gasteiger partial charge in [-0.2, -0.15) is 0 Å². The number of nitrogens with one attached hydrogen (secondary N) is 2. The average Bonchev–Trinajstić information content (AvgIpc) is 2.46. The highest BCUT2D eigenvalue weighted by Crippen LogP contribution is 2.17. The zero-order valence-electron chi connectivity index (χ0n) is 12.5. The zero-order valence-corrected chi connectivity index (χ0v) is 12.5. The Labute approximate surface area is 119 Å². The van der Waals surface area contributed by atoms with Crippen LogP contribution in [0, 0.1) is 12.8 Å². The van der Waals surface area contributed by atoms with Gasteiger partial charge in [0.2, 0.25) is 5.91 Å². The molecular formula is C15H23N3O2. The lowest BCUT2D eigenvalue weighted by atomic mass is 9.99. The molecule has 0 saturated heterocycles. The van der Waals surface area contributed by atoms with Crippen LogP contribution in [0.25, 0.3) is 0 Å². The van der Waals surface area contributed by atoms with Crippen LogP contribution >= 0.6 is 0 Å². The van der Waals surface area contributed by atoms with Crippen LogP contribution in [0.1, 0.15) is 36.2 Å². The molecule has 1 aromatic rings. The van der Waals surface area contributed by atoms with Gasteiger partial charge in [-0.15, -0.1) is 0 Å². The number of anilines is 1. The summed E-state index contributed by atoms with van der Waals surface area (Å²) in [5.41, 5.74) is 7.97. The highest BCUT2D eigenvalue weighted by molar-refractivity contribution is 5.97. The van der Waals surface area contributed by atoms with Gasteiger partial charge in [0, 0.05) is 18.3 Å². The molecule has 110 valence electrons. The second-order valence-corrected chi connectivity index (χ2v) is 5.01. The molecule has 0 aliphatic rings. The third-order valence-electron chi connectivity index (χ3n) is 3.53. The predicted octanol–water partition coefficient (Wildman–Crippen LogP) is 1.67. The third-order valence-corrected chi connectivity index (χ3v) is 3.53. The Morgan fingerprint density at radius 1 is 1.35 bits per heavy atom. The number of nitrogens with two attached hydrogens (primary N) is 1. The van der Waals surface area contributed by atoms with Crippen molar-refractivity contribution in [3.8, 4) is 0 Å². The van der Waals surface area contributed by atoms with Crippen molar-refractivity contribution in [1.29, 1.82) is 0 Å². The minimum Gasteiger partial charge on any atom is -0.355 e. The molecule has 0 saturated carbocycles. The van der Waals surface area contributed by atoms with Gasteiger partial charge in [0.05, 0.1) is 6.04 Å². The van der Waals surface area contributed by atoms with Crippen LogP contribution in [0.5, 0.6) is 0 Å². The van der Waals surface area contributed by atoms with E-state index in [1.165, 1.54) is 0 Å². The minimum absolute atomic E-state index is 0.125. The van der Waals surface area contributed by atoms with Gasteiger partial charge in [0.1, 0.15) is 0 Å². The first kappa shape index (κ1) is 16.2. The van der Waals surface area contributed by atoms with Crippen LogP contribution in [0.4, 0.5) is 5.69 Å². The number of benzene rings is 1. The molecule has 0 spiro atoms. The van der Waals surface area contributed by atoms with Crippen LogP contribution in [-0.2, 0) is 4.79 Å². The van der Waals surface area contributed by atoms with Crippen molar-refractivity contribution in [1.82, 2.24) is 5.32 Å². The van der Waals surface area contributed by atoms with E-state index in [1.807, 2.05) is 20.8 Å². The molecule has 0 radical (unpaired) electrons. The maximum atomic E-state index is 12.0. The van der Waals surface area contributed by atoms with Crippen LogP contribution < -0.4 is 16.4 Å². The summed E-state index contributed by atoms with van der Waals surface area (Å²) < 4.78 is 0. The van der Waals surface area contributed by atoms with Crippen LogP contribution in [0.2, 0.25) is 0 Å². The Balaban J connectivity index is 2.84. The number of rotatable bonds is 5. The van der Waals surface area contributed by atoms with Gasteiger partial charge in [0.25, 0.3) is 5.91 Å². The maximum Gasteiger partial charge on any atom is 0.251 e. The number of carbonyl (C=O) groups is 2. The second kappa shape index (κ2) is 7.05. The zero-order chi connectivity index (χ0) is 15.3. The first-order valence-electron chi connectivity index (χ1n) is 6.79. The third kappa shape index (κ3) is 3.81. The predicted molar refractivity (Wildman–Crippen MR) is 80.6 cm³/mol. The van der Waals surface area contributed by atoms with E-state index < -0.39 is 6.04 Å². The van der Waals surface area contributed by atoms with E-state index in [0.717, 1.165) is 12.0 Å². The number of hydrogen-bond acceptors (Lipinski definition) is 3. The number of carbonyl (C=O) groups excluding carboxylic acids is 2. The summed E-state index contributed by atoms with van der Waals surface area (Å²) in [6, 6.07) is 4.61. The van der Waals surface area contributed by atoms with E-state index in [1.54, 1.807) is 25.2 Å². The Morgan fingerprint density at radius 3 is 2.50 bits per heavy atom. The van der Waals surface area contributed by atoms with E-state index in [0.29, 0.717) is 11.3 Å². The molecule has 0 fully saturated rings. The van der Waals surface area contributed by atoms with E-state index in [9.17, 15) is 9.59 Å². The van der Waals surface area contributed by atoms with Gasteiger partial charge < -0.3 is 16.4 Å².